The molecule has 0 spiro atoms. The van der Waals surface area contributed by atoms with E-state index in [0.717, 1.165) is 22.6 Å². The fourth-order valence-corrected chi connectivity index (χ4v) is 3.65. The molecule has 1 heterocycles. The number of thioether (sulfide) groups is 1. The van der Waals surface area contributed by atoms with Gasteiger partial charge in [0.05, 0.1) is 0 Å². The monoisotopic (exact) mass is 364 g/mol. The first-order valence-electron chi connectivity index (χ1n) is 7.35. The molecular formula is C16H20N4O2S2. The third kappa shape index (κ3) is 4.40. The molecule has 128 valence electrons. The quantitative estimate of drug-likeness (QED) is 0.353. The molecule has 3 N–H and O–H groups in total. The van der Waals surface area contributed by atoms with Crippen LogP contribution in [0.4, 0.5) is 11.5 Å². The van der Waals surface area contributed by atoms with Gasteiger partial charge in [-0.25, -0.2) is 4.98 Å². The van der Waals surface area contributed by atoms with E-state index in [1.165, 1.54) is 18.0 Å². The van der Waals surface area contributed by atoms with Gasteiger partial charge in [0, 0.05) is 16.9 Å². The summed E-state index contributed by atoms with van der Waals surface area (Å²) in [5.74, 6) is 0.332. The first-order chi connectivity index (χ1) is 11.3. The SMILES string of the molecule is CCSc1nc(Nc2cc(C)cc(C)c2)c(C(N)=O)c([S+](C)[O-])n1. The highest BCUT2D eigenvalue weighted by molar-refractivity contribution is 7.99. The number of nitrogens with two attached hydrogens (primary N) is 1. The summed E-state index contributed by atoms with van der Waals surface area (Å²) in [5, 5.41) is 3.74. The first kappa shape index (κ1) is 18.6. The molecule has 1 amide bonds. The van der Waals surface area contributed by atoms with Crippen LogP contribution in [0.1, 0.15) is 28.4 Å². The van der Waals surface area contributed by atoms with Crippen LogP contribution in [0.2, 0.25) is 0 Å². The molecule has 1 unspecified atom stereocenters. The zero-order valence-corrected chi connectivity index (χ0v) is 15.7. The van der Waals surface area contributed by atoms with Crippen molar-refractivity contribution in [2.75, 3.05) is 17.3 Å². The van der Waals surface area contributed by atoms with E-state index in [9.17, 15) is 9.35 Å². The van der Waals surface area contributed by atoms with Crippen LogP contribution in [0.3, 0.4) is 0 Å². The number of rotatable bonds is 6. The van der Waals surface area contributed by atoms with E-state index in [2.05, 4.69) is 15.3 Å². The summed E-state index contributed by atoms with van der Waals surface area (Å²) in [4.78, 5) is 20.5. The van der Waals surface area contributed by atoms with Crippen molar-refractivity contribution in [1.29, 1.82) is 0 Å². The Bertz CT molecular complexity index is 746. The van der Waals surface area contributed by atoms with Crippen molar-refractivity contribution in [3.05, 3.63) is 34.9 Å². The molecule has 1 aromatic heterocycles. The van der Waals surface area contributed by atoms with E-state index < -0.39 is 17.1 Å². The Morgan fingerprint density at radius 3 is 2.42 bits per heavy atom. The number of benzene rings is 1. The summed E-state index contributed by atoms with van der Waals surface area (Å²) < 4.78 is 12.0. The smallest absolute Gasteiger partial charge is 0.263 e. The maximum Gasteiger partial charge on any atom is 0.263 e. The van der Waals surface area contributed by atoms with Gasteiger partial charge in [-0.15, -0.1) is 0 Å². The molecule has 1 atom stereocenters. The van der Waals surface area contributed by atoms with Crippen molar-refractivity contribution < 1.29 is 9.35 Å². The van der Waals surface area contributed by atoms with Crippen molar-refractivity contribution in [1.82, 2.24) is 9.97 Å². The van der Waals surface area contributed by atoms with Gasteiger partial charge in [-0.3, -0.25) is 4.79 Å². The number of hydrogen-bond acceptors (Lipinski definition) is 6. The summed E-state index contributed by atoms with van der Waals surface area (Å²) in [5.41, 5.74) is 8.50. The number of nitrogens with zero attached hydrogens (tertiary/aromatic N) is 2. The van der Waals surface area contributed by atoms with Gasteiger partial charge >= 0.3 is 0 Å². The predicted octanol–water partition coefficient (Wildman–Crippen LogP) is 2.79. The standard InChI is InChI=1S/C16H20N4O2S2/c1-5-23-16-19-14(12(13(17)21)15(20-16)24(4)22)18-11-7-9(2)6-10(3)8-11/h6-8H,5H2,1-4H3,(H2,17,21)(H,18,19,20). The number of primary amides is 1. The molecule has 0 aliphatic rings. The maximum absolute atomic E-state index is 12.0. The lowest BCUT2D eigenvalue weighted by atomic mass is 10.1. The second-order valence-electron chi connectivity index (χ2n) is 5.29. The number of hydrogen-bond donors (Lipinski definition) is 2. The Balaban J connectivity index is 2.58. The Hall–Kier alpha value is -1.77. The molecule has 8 heteroatoms. The first-order valence-corrected chi connectivity index (χ1v) is 9.89. The van der Waals surface area contributed by atoms with Crippen molar-refractivity contribution in [3.8, 4) is 0 Å². The third-order valence-corrected chi connectivity index (χ3v) is 4.70. The van der Waals surface area contributed by atoms with Gasteiger partial charge in [-0.1, -0.05) is 24.8 Å². The lowest BCUT2D eigenvalue weighted by molar-refractivity contribution is 0.0996. The number of carbonyl (C=O) groups excluding carboxylic acids is 1. The molecule has 0 aliphatic heterocycles. The Labute approximate surface area is 148 Å². The third-order valence-electron chi connectivity index (χ3n) is 3.13. The summed E-state index contributed by atoms with van der Waals surface area (Å²) >= 11 is -0.0478. The van der Waals surface area contributed by atoms with Gasteiger partial charge in [0.2, 0.25) is 0 Å². The number of carbonyl (C=O) groups is 1. The zero-order valence-electron chi connectivity index (χ0n) is 14.0. The average Bonchev–Trinajstić information content (AvgIpc) is 2.45. The van der Waals surface area contributed by atoms with Crippen molar-refractivity contribution >= 4 is 40.4 Å². The molecular weight excluding hydrogens is 344 g/mol. The highest BCUT2D eigenvalue weighted by Gasteiger charge is 2.26. The molecule has 0 saturated heterocycles. The lowest BCUT2D eigenvalue weighted by Crippen LogP contribution is -2.21. The van der Waals surface area contributed by atoms with Crippen LogP contribution in [-0.2, 0) is 11.2 Å². The molecule has 0 bridgehead atoms. The van der Waals surface area contributed by atoms with E-state index in [-0.39, 0.29) is 16.4 Å². The predicted molar refractivity (Wildman–Crippen MR) is 98.5 cm³/mol. The highest BCUT2D eigenvalue weighted by Crippen LogP contribution is 2.28. The van der Waals surface area contributed by atoms with Gasteiger partial charge in [-0.05, 0) is 42.9 Å². The van der Waals surface area contributed by atoms with Crippen LogP contribution in [-0.4, -0.2) is 32.4 Å². The molecule has 2 aromatic rings. The molecule has 0 saturated carbocycles. The van der Waals surface area contributed by atoms with Crippen LogP contribution >= 0.6 is 11.8 Å². The van der Waals surface area contributed by atoms with E-state index in [4.69, 9.17) is 5.73 Å². The van der Waals surface area contributed by atoms with Crippen LogP contribution in [0.5, 0.6) is 0 Å². The van der Waals surface area contributed by atoms with Gasteiger partial charge in [-0.2, -0.15) is 4.98 Å². The summed E-state index contributed by atoms with van der Waals surface area (Å²) in [6.07, 6.45) is 1.47. The Morgan fingerprint density at radius 2 is 1.92 bits per heavy atom. The van der Waals surface area contributed by atoms with Crippen molar-refractivity contribution in [3.63, 3.8) is 0 Å². The van der Waals surface area contributed by atoms with E-state index in [1.807, 2.05) is 39.0 Å². The molecule has 2 rings (SSSR count). The second-order valence-corrected chi connectivity index (χ2v) is 7.81. The molecule has 0 fully saturated rings. The maximum atomic E-state index is 12.0. The molecule has 0 aliphatic carbocycles. The van der Waals surface area contributed by atoms with E-state index >= 15 is 0 Å². The highest BCUT2D eigenvalue weighted by atomic mass is 32.2. The van der Waals surface area contributed by atoms with Gasteiger partial charge in [0.25, 0.3) is 10.9 Å². The molecule has 24 heavy (non-hydrogen) atoms. The number of anilines is 2. The van der Waals surface area contributed by atoms with Gasteiger partial charge in [0.1, 0.15) is 6.26 Å². The minimum absolute atomic E-state index is 0.0652. The minimum Gasteiger partial charge on any atom is -0.610 e. The summed E-state index contributed by atoms with van der Waals surface area (Å²) in [6, 6.07) is 5.93. The number of nitrogens with one attached hydrogen (secondary N) is 1. The van der Waals surface area contributed by atoms with E-state index in [0.29, 0.717) is 5.16 Å². The Kier molecular flexibility index (Phi) is 6.09. The normalized spacial score (nSPS) is 12.0. The topological polar surface area (TPSA) is 104 Å². The van der Waals surface area contributed by atoms with Crippen molar-refractivity contribution in [2.45, 2.75) is 31.0 Å². The van der Waals surface area contributed by atoms with E-state index in [1.54, 1.807) is 0 Å². The van der Waals surface area contributed by atoms with Crippen LogP contribution in [0, 0.1) is 13.8 Å². The van der Waals surface area contributed by atoms with Crippen LogP contribution in [0.25, 0.3) is 0 Å². The van der Waals surface area contributed by atoms with Crippen LogP contribution < -0.4 is 11.1 Å². The largest absolute Gasteiger partial charge is 0.610 e. The summed E-state index contributed by atoms with van der Waals surface area (Å²) in [7, 11) is 0. The number of aryl methyl sites for hydroxylation is 2. The minimum atomic E-state index is -1.46. The number of aromatic nitrogens is 2. The van der Waals surface area contributed by atoms with Crippen molar-refractivity contribution in [2.24, 2.45) is 5.73 Å². The molecule has 6 nitrogen and oxygen atoms in total. The molecule has 0 radical (unpaired) electrons. The second kappa shape index (κ2) is 7.87. The number of amides is 1. The summed E-state index contributed by atoms with van der Waals surface area (Å²) in [6.45, 7) is 5.94. The van der Waals surface area contributed by atoms with Gasteiger partial charge < -0.3 is 15.6 Å². The average molecular weight is 364 g/mol. The van der Waals surface area contributed by atoms with Crippen LogP contribution in [0.15, 0.2) is 28.4 Å². The Morgan fingerprint density at radius 1 is 1.29 bits per heavy atom. The lowest BCUT2D eigenvalue weighted by Gasteiger charge is -2.14. The molecule has 1 aromatic carbocycles. The fraction of sp³-hybridized carbons (Fsp3) is 0.312. The zero-order chi connectivity index (χ0) is 17.9. The van der Waals surface area contributed by atoms with Gasteiger partial charge in [0.15, 0.2) is 16.5 Å². The fourth-order valence-electron chi connectivity index (χ4n) is 2.32.